The quantitative estimate of drug-likeness (QED) is 0.625. The molecule has 0 spiro atoms. The molecule has 5 nitrogen and oxygen atoms in total. The fourth-order valence-electron chi connectivity index (χ4n) is 1.95. The number of aromatic amines is 1. The Morgan fingerprint density at radius 1 is 1.21 bits per heavy atom. The molecule has 0 saturated carbocycles. The number of fused-ring (bicyclic) bond motifs is 1. The maximum atomic E-state index is 5.47. The smallest absolute Gasteiger partial charge is 0.178 e. The predicted octanol–water partition coefficient (Wildman–Crippen LogP) is 2.37. The number of hydrogen-bond acceptors (Lipinski definition) is 4. The van der Waals surface area contributed by atoms with Gasteiger partial charge in [-0.2, -0.15) is 0 Å². The van der Waals surface area contributed by atoms with Crippen molar-refractivity contribution in [3.05, 3.63) is 23.0 Å². The third-order valence-electron chi connectivity index (χ3n) is 2.88. The second-order valence-electron chi connectivity index (χ2n) is 4.04. The summed E-state index contributed by atoms with van der Waals surface area (Å²) in [7, 11) is 3.31. The van der Waals surface area contributed by atoms with Crippen molar-refractivity contribution in [2.45, 2.75) is 6.54 Å². The van der Waals surface area contributed by atoms with Gasteiger partial charge in [0.1, 0.15) is 11.3 Å². The summed E-state index contributed by atoms with van der Waals surface area (Å²) in [5.41, 5.74) is 1.95. The Morgan fingerprint density at radius 2 is 2.05 bits per heavy atom. The first kappa shape index (κ1) is 14.0. The molecular weight excluding hydrogens is 264 g/mol. The molecule has 6 heteroatoms. The van der Waals surface area contributed by atoms with Gasteiger partial charge >= 0.3 is 0 Å². The molecule has 0 unspecified atom stereocenters. The van der Waals surface area contributed by atoms with E-state index in [-0.39, 0.29) is 0 Å². The van der Waals surface area contributed by atoms with E-state index in [1.54, 1.807) is 14.2 Å². The van der Waals surface area contributed by atoms with E-state index in [1.807, 2.05) is 22.8 Å². The van der Waals surface area contributed by atoms with Crippen LogP contribution in [0.15, 0.2) is 18.2 Å². The second-order valence-corrected chi connectivity index (χ2v) is 4.43. The fourth-order valence-corrected chi connectivity index (χ4v) is 2.24. The molecule has 0 bridgehead atoms. The average Bonchev–Trinajstić information content (AvgIpc) is 2.74. The summed E-state index contributed by atoms with van der Waals surface area (Å²) in [5, 5.41) is 0. The first-order valence-corrected chi connectivity index (χ1v) is 6.51. The summed E-state index contributed by atoms with van der Waals surface area (Å²) in [5.74, 6) is 0.794. The minimum atomic E-state index is 0.593. The van der Waals surface area contributed by atoms with Crippen molar-refractivity contribution >= 4 is 23.3 Å². The van der Waals surface area contributed by atoms with Crippen molar-refractivity contribution in [1.82, 2.24) is 9.55 Å². The van der Waals surface area contributed by atoms with Crippen LogP contribution in [0.1, 0.15) is 0 Å². The number of rotatable bonds is 7. The Labute approximate surface area is 117 Å². The summed E-state index contributed by atoms with van der Waals surface area (Å²) in [4.78, 5) is 3.17. The molecule has 0 aliphatic rings. The largest absolute Gasteiger partial charge is 0.494 e. The van der Waals surface area contributed by atoms with E-state index >= 15 is 0 Å². The molecule has 1 aromatic heterocycles. The molecule has 19 heavy (non-hydrogen) atoms. The zero-order valence-electron chi connectivity index (χ0n) is 11.1. The summed E-state index contributed by atoms with van der Waals surface area (Å²) < 4.78 is 18.4. The fraction of sp³-hybridized carbons (Fsp3) is 0.462. The van der Waals surface area contributed by atoms with Gasteiger partial charge in [-0.25, -0.2) is 0 Å². The molecule has 1 heterocycles. The van der Waals surface area contributed by atoms with Gasteiger partial charge in [-0.3, -0.25) is 0 Å². The van der Waals surface area contributed by atoms with Crippen molar-refractivity contribution in [3.63, 3.8) is 0 Å². The lowest BCUT2D eigenvalue weighted by Crippen LogP contribution is -2.09. The first-order chi connectivity index (χ1) is 9.27. The van der Waals surface area contributed by atoms with Crippen molar-refractivity contribution in [1.29, 1.82) is 0 Å². The van der Waals surface area contributed by atoms with Gasteiger partial charge in [-0.05, 0) is 24.4 Å². The lowest BCUT2D eigenvalue weighted by molar-refractivity contribution is 0.0668. The van der Waals surface area contributed by atoms with Gasteiger partial charge in [0.15, 0.2) is 4.77 Å². The van der Waals surface area contributed by atoms with E-state index < -0.39 is 0 Å². The zero-order chi connectivity index (χ0) is 13.7. The number of nitrogens with one attached hydrogen (secondary N) is 1. The summed E-state index contributed by atoms with van der Waals surface area (Å²) in [6, 6.07) is 5.87. The summed E-state index contributed by atoms with van der Waals surface area (Å²) in [6.45, 7) is 2.50. The number of methoxy groups -OCH3 is 2. The molecule has 0 aliphatic heterocycles. The maximum absolute atomic E-state index is 5.47. The number of aromatic nitrogens is 2. The topological polar surface area (TPSA) is 48.4 Å². The predicted molar refractivity (Wildman–Crippen MR) is 76.4 cm³/mol. The number of nitrogens with zero attached hydrogens (tertiary/aromatic N) is 1. The van der Waals surface area contributed by atoms with E-state index in [0.29, 0.717) is 31.1 Å². The lowest BCUT2D eigenvalue weighted by atomic mass is 10.3. The number of para-hydroxylation sites is 1. The van der Waals surface area contributed by atoms with E-state index in [1.165, 1.54) is 0 Å². The Kier molecular flexibility index (Phi) is 4.95. The van der Waals surface area contributed by atoms with Gasteiger partial charge in [-0.15, -0.1) is 0 Å². The molecule has 2 aromatic rings. The molecule has 1 N–H and O–H groups in total. The van der Waals surface area contributed by atoms with Gasteiger partial charge in [0.2, 0.25) is 0 Å². The summed E-state index contributed by atoms with van der Waals surface area (Å²) >= 11 is 5.33. The second kappa shape index (κ2) is 6.70. The van der Waals surface area contributed by atoms with E-state index in [9.17, 15) is 0 Å². The average molecular weight is 282 g/mol. The van der Waals surface area contributed by atoms with E-state index in [4.69, 9.17) is 26.4 Å². The highest BCUT2D eigenvalue weighted by Crippen LogP contribution is 2.24. The molecule has 0 saturated heterocycles. The van der Waals surface area contributed by atoms with Crippen LogP contribution in [0.25, 0.3) is 11.0 Å². The van der Waals surface area contributed by atoms with Crippen LogP contribution >= 0.6 is 12.2 Å². The monoisotopic (exact) mass is 282 g/mol. The minimum absolute atomic E-state index is 0.593. The number of ether oxygens (including phenoxy) is 3. The first-order valence-electron chi connectivity index (χ1n) is 6.10. The third-order valence-corrected chi connectivity index (χ3v) is 3.21. The van der Waals surface area contributed by atoms with Crippen molar-refractivity contribution < 1.29 is 14.2 Å². The van der Waals surface area contributed by atoms with Crippen LogP contribution < -0.4 is 4.74 Å². The van der Waals surface area contributed by atoms with Gasteiger partial charge in [0.05, 0.1) is 32.4 Å². The van der Waals surface area contributed by atoms with Crippen LogP contribution in [0.2, 0.25) is 0 Å². The van der Waals surface area contributed by atoms with Gasteiger partial charge in [0.25, 0.3) is 0 Å². The van der Waals surface area contributed by atoms with Crippen molar-refractivity contribution in [2.75, 3.05) is 34.0 Å². The maximum Gasteiger partial charge on any atom is 0.178 e. The van der Waals surface area contributed by atoms with Crippen molar-refractivity contribution in [3.8, 4) is 5.75 Å². The van der Waals surface area contributed by atoms with Gasteiger partial charge in [-0.1, -0.05) is 6.07 Å². The van der Waals surface area contributed by atoms with Crippen LogP contribution in [0, 0.1) is 4.77 Å². The Morgan fingerprint density at radius 3 is 2.79 bits per heavy atom. The van der Waals surface area contributed by atoms with Crippen LogP contribution in [-0.2, 0) is 16.0 Å². The number of H-pyrrole nitrogens is 1. The molecular formula is C13H18N2O3S. The van der Waals surface area contributed by atoms with Crippen molar-refractivity contribution in [2.24, 2.45) is 0 Å². The Hall–Kier alpha value is -1.37. The lowest BCUT2D eigenvalue weighted by Gasteiger charge is -2.06. The molecule has 0 aliphatic carbocycles. The molecule has 1 aromatic carbocycles. The molecule has 0 amide bonds. The Bertz CT molecular complexity index is 591. The molecule has 0 atom stereocenters. The standard InChI is InChI=1S/C13H18N2O3S/c1-16-8-9-18-7-6-15-10-4-3-5-11(17-2)12(10)14-13(15)19/h3-5H,6-9H2,1-2H3,(H,14,19). The van der Waals surface area contributed by atoms with E-state index in [0.717, 1.165) is 16.8 Å². The number of benzene rings is 1. The van der Waals surface area contributed by atoms with Crippen LogP contribution in [0.4, 0.5) is 0 Å². The molecule has 104 valence electrons. The minimum Gasteiger partial charge on any atom is -0.494 e. The van der Waals surface area contributed by atoms with Crippen LogP contribution in [-0.4, -0.2) is 43.6 Å². The zero-order valence-corrected chi connectivity index (χ0v) is 12.0. The molecule has 0 fully saturated rings. The van der Waals surface area contributed by atoms with Gasteiger partial charge < -0.3 is 23.8 Å². The highest BCUT2D eigenvalue weighted by atomic mass is 32.1. The summed E-state index contributed by atoms with van der Waals surface area (Å²) in [6.07, 6.45) is 0. The van der Waals surface area contributed by atoms with Crippen LogP contribution in [0.5, 0.6) is 5.75 Å². The number of hydrogen-bond donors (Lipinski definition) is 1. The van der Waals surface area contributed by atoms with Crippen LogP contribution in [0.3, 0.4) is 0 Å². The Balaban J connectivity index is 2.14. The third kappa shape index (κ3) is 3.15. The molecule has 0 radical (unpaired) electrons. The molecule has 2 rings (SSSR count). The van der Waals surface area contributed by atoms with E-state index in [2.05, 4.69) is 4.98 Å². The van der Waals surface area contributed by atoms with Gasteiger partial charge in [0, 0.05) is 13.7 Å². The highest BCUT2D eigenvalue weighted by molar-refractivity contribution is 7.71. The number of imidazole rings is 1. The highest BCUT2D eigenvalue weighted by Gasteiger charge is 2.08. The normalized spacial score (nSPS) is 11.1. The SMILES string of the molecule is COCCOCCn1c(=S)[nH]c2c(OC)cccc21.